The number of benzene rings is 1. The Bertz CT molecular complexity index is 1120. The zero-order valence-electron chi connectivity index (χ0n) is 18.8. The Morgan fingerprint density at radius 3 is 2.61 bits per heavy atom. The number of hydrogen-bond acceptors (Lipinski definition) is 5. The molecule has 33 heavy (non-hydrogen) atoms. The summed E-state index contributed by atoms with van der Waals surface area (Å²) in [6.07, 6.45) is 3.76. The Morgan fingerprint density at radius 1 is 1.12 bits per heavy atom. The molecule has 3 aromatic rings. The summed E-state index contributed by atoms with van der Waals surface area (Å²) in [5.74, 6) is 1.21. The van der Waals surface area contributed by atoms with Gasteiger partial charge in [0.2, 0.25) is 0 Å². The molecule has 3 heterocycles. The van der Waals surface area contributed by atoms with Gasteiger partial charge in [0, 0.05) is 30.9 Å². The Labute approximate surface area is 192 Å². The largest absolute Gasteiger partial charge is 0.465 e. The zero-order valence-corrected chi connectivity index (χ0v) is 18.8. The first kappa shape index (κ1) is 21.9. The third-order valence-electron chi connectivity index (χ3n) is 6.50. The maximum Gasteiger partial charge on any atom is 0.272 e. The molecule has 0 saturated carbocycles. The van der Waals surface area contributed by atoms with Gasteiger partial charge in [-0.2, -0.15) is 5.10 Å². The highest BCUT2D eigenvalue weighted by Crippen LogP contribution is 2.28. The number of fused-ring (bicyclic) bond motifs is 1. The van der Waals surface area contributed by atoms with Crippen LogP contribution in [0.15, 0.2) is 40.8 Å². The molecule has 8 heteroatoms. The van der Waals surface area contributed by atoms with E-state index in [1.54, 1.807) is 16.8 Å². The predicted octanol–water partition coefficient (Wildman–Crippen LogP) is 3.59. The molecule has 1 unspecified atom stereocenters. The van der Waals surface area contributed by atoms with Gasteiger partial charge in [0.05, 0.1) is 24.9 Å². The number of rotatable bonds is 6. The molecule has 174 valence electrons. The standard InChI is InChI=1S/C25H29FN4O3/c1-17-6-11-23(33-17)22(29-12-14-32-15-13-29)16-27-25(31)24-20-4-2-3-5-21(20)30(28-24)19-9-7-18(26)8-10-19/h6-11,22H,2-5,12-16H2,1H3,(H,27,31). The van der Waals surface area contributed by atoms with Crippen molar-refractivity contribution < 1.29 is 18.3 Å². The molecule has 7 nitrogen and oxygen atoms in total. The number of aromatic nitrogens is 2. The Kier molecular flexibility index (Phi) is 6.28. The van der Waals surface area contributed by atoms with Crippen molar-refractivity contribution in [1.82, 2.24) is 20.0 Å². The smallest absolute Gasteiger partial charge is 0.272 e. The highest BCUT2D eigenvalue weighted by atomic mass is 19.1. The maximum atomic E-state index is 13.4. The third-order valence-corrected chi connectivity index (χ3v) is 6.50. The highest BCUT2D eigenvalue weighted by Gasteiger charge is 2.29. The van der Waals surface area contributed by atoms with E-state index in [1.165, 1.54) is 12.1 Å². The molecule has 1 aliphatic carbocycles. The monoisotopic (exact) mass is 452 g/mol. The van der Waals surface area contributed by atoms with Crippen molar-refractivity contribution in [2.24, 2.45) is 0 Å². The van der Waals surface area contributed by atoms with Crippen molar-refractivity contribution in [3.8, 4) is 5.69 Å². The minimum Gasteiger partial charge on any atom is -0.465 e. The second kappa shape index (κ2) is 9.49. The van der Waals surface area contributed by atoms with Crippen LogP contribution in [0.3, 0.4) is 0 Å². The fraction of sp³-hybridized carbons (Fsp3) is 0.440. The summed E-state index contributed by atoms with van der Waals surface area (Å²) in [5, 5.41) is 7.79. The number of amides is 1. The van der Waals surface area contributed by atoms with E-state index in [1.807, 2.05) is 19.1 Å². The normalized spacial score (nSPS) is 17.5. The molecule has 5 rings (SSSR count). The van der Waals surface area contributed by atoms with Crippen LogP contribution in [0.4, 0.5) is 4.39 Å². The summed E-state index contributed by atoms with van der Waals surface area (Å²) in [4.78, 5) is 15.6. The number of carbonyl (C=O) groups is 1. The van der Waals surface area contributed by atoms with Gasteiger partial charge in [0.15, 0.2) is 5.69 Å². The SMILES string of the molecule is Cc1ccc(C(CNC(=O)c2nn(-c3ccc(F)cc3)c3c2CCCC3)N2CCOCC2)o1. The molecule has 2 aromatic heterocycles. The molecule has 1 atom stereocenters. The summed E-state index contributed by atoms with van der Waals surface area (Å²) in [6, 6.07) is 10.1. The summed E-state index contributed by atoms with van der Waals surface area (Å²) in [7, 11) is 0. The van der Waals surface area contributed by atoms with Gasteiger partial charge < -0.3 is 14.5 Å². The molecular weight excluding hydrogens is 423 g/mol. The lowest BCUT2D eigenvalue weighted by Crippen LogP contribution is -2.43. The Hall–Kier alpha value is -2.97. The predicted molar refractivity (Wildman–Crippen MR) is 121 cm³/mol. The maximum absolute atomic E-state index is 13.4. The lowest BCUT2D eigenvalue weighted by molar-refractivity contribution is 0.0116. The fourth-order valence-electron chi connectivity index (χ4n) is 4.78. The summed E-state index contributed by atoms with van der Waals surface area (Å²) in [6.45, 7) is 5.25. The Morgan fingerprint density at radius 2 is 1.88 bits per heavy atom. The fourth-order valence-corrected chi connectivity index (χ4v) is 4.78. The number of ether oxygens (including phenoxy) is 1. The van der Waals surface area contributed by atoms with E-state index in [9.17, 15) is 9.18 Å². The molecular formula is C25H29FN4O3. The number of aryl methyl sites for hydroxylation is 1. The topological polar surface area (TPSA) is 72.5 Å². The van der Waals surface area contributed by atoms with Gasteiger partial charge in [-0.1, -0.05) is 0 Å². The van der Waals surface area contributed by atoms with Crippen LogP contribution < -0.4 is 5.32 Å². The first-order chi connectivity index (χ1) is 16.1. The second-order valence-electron chi connectivity index (χ2n) is 8.69. The Balaban J connectivity index is 1.39. The van der Waals surface area contributed by atoms with Crippen LogP contribution >= 0.6 is 0 Å². The van der Waals surface area contributed by atoms with E-state index < -0.39 is 0 Å². The summed E-state index contributed by atoms with van der Waals surface area (Å²) < 4.78 is 26.7. The minimum atomic E-state index is -0.292. The first-order valence-electron chi connectivity index (χ1n) is 11.6. The number of nitrogens with zero attached hydrogens (tertiary/aromatic N) is 3. The molecule has 1 fully saturated rings. The van der Waals surface area contributed by atoms with Crippen molar-refractivity contribution in [2.75, 3.05) is 32.8 Å². The van der Waals surface area contributed by atoms with Gasteiger partial charge >= 0.3 is 0 Å². The van der Waals surface area contributed by atoms with Crippen LogP contribution in [0.1, 0.15) is 52.1 Å². The minimum absolute atomic E-state index is 0.0680. The van der Waals surface area contributed by atoms with E-state index in [2.05, 4.69) is 15.3 Å². The van der Waals surface area contributed by atoms with E-state index >= 15 is 0 Å². The first-order valence-corrected chi connectivity index (χ1v) is 11.6. The van der Waals surface area contributed by atoms with Gasteiger partial charge in [-0.05, 0) is 69.0 Å². The van der Waals surface area contributed by atoms with Crippen molar-refractivity contribution >= 4 is 5.91 Å². The molecule has 1 N–H and O–H groups in total. The number of carbonyl (C=O) groups excluding carboxylic acids is 1. The second-order valence-corrected chi connectivity index (χ2v) is 8.69. The van der Waals surface area contributed by atoms with Crippen molar-refractivity contribution in [2.45, 2.75) is 38.6 Å². The number of furan rings is 1. The van der Waals surface area contributed by atoms with Crippen LogP contribution in [0.2, 0.25) is 0 Å². The quantitative estimate of drug-likeness (QED) is 0.619. The van der Waals surface area contributed by atoms with Crippen LogP contribution in [0.5, 0.6) is 0 Å². The molecule has 2 aliphatic rings. The summed E-state index contributed by atoms with van der Waals surface area (Å²) >= 11 is 0. The number of hydrogen-bond donors (Lipinski definition) is 1. The van der Waals surface area contributed by atoms with E-state index in [4.69, 9.17) is 9.15 Å². The highest BCUT2D eigenvalue weighted by molar-refractivity contribution is 5.94. The molecule has 0 spiro atoms. The number of morpholine rings is 1. The van der Waals surface area contributed by atoms with E-state index in [0.717, 1.165) is 67.2 Å². The summed E-state index contributed by atoms with van der Waals surface area (Å²) in [5.41, 5.74) is 3.28. The molecule has 1 aromatic carbocycles. The lowest BCUT2D eigenvalue weighted by atomic mass is 9.95. The van der Waals surface area contributed by atoms with Crippen LogP contribution in [0, 0.1) is 12.7 Å². The van der Waals surface area contributed by atoms with Crippen molar-refractivity contribution in [3.63, 3.8) is 0 Å². The zero-order chi connectivity index (χ0) is 22.8. The van der Waals surface area contributed by atoms with E-state index in [-0.39, 0.29) is 17.8 Å². The van der Waals surface area contributed by atoms with Gasteiger partial charge in [0.25, 0.3) is 5.91 Å². The lowest BCUT2D eigenvalue weighted by Gasteiger charge is -2.33. The molecule has 0 bridgehead atoms. The third kappa shape index (κ3) is 4.58. The molecule has 1 saturated heterocycles. The van der Waals surface area contributed by atoms with Crippen molar-refractivity contribution in [3.05, 3.63) is 70.7 Å². The van der Waals surface area contributed by atoms with Crippen LogP contribution in [-0.2, 0) is 17.6 Å². The van der Waals surface area contributed by atoms with Gasteiger partial charge in [-0.3, -0.25) is 9.69 Å². The van der Waals surface area contributed by atoms with Gasteiger partial charge in [-0.15, -0.1) is 0 Å². The van der Waals surface area contributed by atoms with Crippen molar-refractivity contribution in [1.29, 1.82) is 0 Å². The number of halogens is 1. The average molecular weight is 453 g/mol. The van der Waals surface area contributed by atoms with E-state index in [0.29, 0.717) is 25.5 Å². The molecule has 1 aliphatic heterocycles. The average Bonchev–Trinajstić information content (AvgIpc) is 3.44. The van der Waals surface area contributed by atoms with Gasteiger partial charge in [-0.25, -0.2) is 9.07 Å². The molecule has 1 amide bonds. The molecule has 0 radical (unpaired) electrons. The van der Waals surface area contributed by atoms with Crippen LogP contribution in [-0.4, -0.2) is 53.4 Å². The number of nitrogens with one attached hydrogen (secondary N) is 1. The van der Waals surface area contributed by atoms with Crippen LogP contribution in [0.25, 0.3) is 5.69 Å². The van der Waals surface area contributed by atoms with Gasteiger partial charge in [0.1, 0.15) is 17.3 Å².